The highest BCUT2D eigenvalue weighted by Crippen LogP contribution is 2.55. The Labute approximate surface area is 622 Å². The lowest BCUT2D eigenvalue weighted by atomic mass is 9.84. The average molecular weight is 1530 g/mol. The molecular weight excluding hydrogens is 1460 g/mol. The van der Waals surface area contributed by atoms with Crippen molar-refractivity contribution in [2.75, 3.05) is 51.5 Å². The van der Waals surface area contributed by atoms with Crippen molar-refractivity contribution < 1.29 is 73.0 Å². The maximum absolute atomic E-state index is 11.8. The lowest BCUT2D eigenvalue weighted by molar-refractivity contribution is 0.0307. The summed E-state index contributed by atoms with van der Waals surface area (Å²) in [4.78, 5) is 17.8. The molecule has 0 bridgehead atoms. The molecule has 20 rings (SSSR count). The summed E-state index contributed by atoms with van der Waals surface area (Å²) >= 11 is 0. The van der Waals surface area contributed by atoms with E-state index in [0.717, 1.165) is 92.3 Å². The van der Waals surface area contributed by atoms with Crippen molar-refractivity contribution in [3.8, 4) is 68.0 Å². The van der Waals surface area contributed by atoms with Crippen LogP contribution in [0.15, 0.2) is 240 Å². The van der Waals surface area contributed by atoms with Crippen molar-refractivity contribution >= 4 is 39.3 Å². The van der Waals surface area contributed by atoms with Crippen LogP contribution in [0.5, 0.6) is 23.0 Å². The molecule has 8 aromatic carbocycles. The Bertz CT molecular complexity index is 5340. The van der Waals surface area contributed by atoms with Gasteiger partial charge in [0.05, 0.1) is 167 Å². The Kier molecular flexibility index (Phi) is 17.4. The van der Waals surface area contributed by atoms with E-state index in [1.165, 1.54) is 48.5 Å². The molecule has 0 fully saturated rings. The number of benzene rings is 8. The summed E-state index contributed by atoms with van der Waals surface area (Å²) in [6.07, 6.45) is 16.0. The fourth-order valence-corrected chi connectivity index (χ4v) is 19.3. The van der Waals surface area contributed by atoms with Crippen LogP contribution in [0.4, 0.5) is 0 Å². The maximum Gasteiger partial charge on any atom is 0.175 e. The van der Waals surface area contributed by atoms with Gasteiger partial charge in [-0.15, -0.1) is 0 Å². The number of imidazole rings is 4. The highest BCUT2D eigenvalue weighted by Gasteiger charge is 2.47. The van der Waals surface area contributed by atoms with E-state index < -0.39 is 63.8 Å². The Morgan fingerprint density at radius 1 is 0.296 bits per heavy atom. The number of aliphatic hydroxyl groups excluding tert-OH is 4. The summed E-state index contributed by atoms with van der Waals surface area (Å²) in [6.45, 7) is 1.16. The van der Waals surface area contributed by atoms with Crippen LogP contribution < -0.4 is 18.9 Å². The third-order valence-corrected chi connectivity index (χ3v) is 26.4. The molecule has 0 amide bonds. The standard InChI is InChI=1S/4C20H18N2O4S/c4*1-27(24,25)12-6-7-15-18(8-12)26-10-16(20(15)23)19-14-5-3-2-4-13(14)17-9-21-11-22(17)19/h4*2-9,11,16,19-20,23H,10H2,1H3/t2*16-,19+,20-;2*16-,19-,20+/m1010/s1. The molecule has 0 aliphatic carbocycles. The van der Waals surface area contributed by atoms with Crippen LogP contribution in [0.1, 0.15) is 93.1 Å². The van der Waals surface area contributed by atoms with E-state index in [2.05, 4.69) is 86.7 Å². The van der Waals surface area contributed by atoms with Crippen molar-refractivity contribution in [1.29, 1.82) is 0 Å². The summed E-state index contributed by atoms with van der Waals surface area (Å²) < 4.78 is 126. The van der Waals surface area contributed by atoms with Gasteiger partial charge >= 0.3 is 0 Å². The molecule has 24 nitrogen and oxygen atoms in total. The highest BCUT2D eigenvalue weighted by molar-refractivity contribution is 7.91. The Hall–Kier alpha value is -10.6. The Morgan fingerprint density at radius 2 is 0.500 bits per heavy atom. The minimum absolute atomic E-state index is 0.0866. The molecule has 4 N–H and O–H groups in total. The van der Waals surface area contributed by atoms with Gasteiger partial charge in [0, 0.05) is 93.2 Å². The Morgan fingerprint density at radius 3 is 0.704 bits per heavy atom. The van der Waals surface area contributed by atoms with Gasteiger partial charge in [0.2, 0.25) is 0 Å². The molecule has 0 saturated carbocycles. The lowest BCUT2D eigenvalue weighted by Crippen LogP contribution is -2.33. The summed E-state index contributed by atoms with van der Waals surface area (Å²) in [7, 11) is -13.3. The molecule has 0 radical (unpaired) electrons. The fourth-order valence-electron chi connectivity index (χ4n) is 16.8. The number of aromatic nitrogens is 8. The number of sulfone groups is 4. The number of aliphatic hydroxyl groups is 4. The second-order valence-electron chi connectivity index (χ2n) is 28.4. The number of fused-ring (bicyclic) bond motifs is 16. The molecule has 12 atom stereocenters. The van der Waals surface area contributed by atoms with Gasteiger partial charge in [-0.05, 0) is 70.8 Å². The quantitative estimate of drug-likeness (QED) is 0.110. The fraction of sp³-hybridized carbons (Fsp3) is 0.250. The molecule has 8 aliphatic heterocycles. The Balaban J connectivity index is 0.000000105. The first-order chi connectivity index (χ1) is 51.8. The van der Waals surface area contributed by atoms with Gasteiger partial charge in [-0.1, -0.05) is 121 Å². The number of hydrogen-bond acceptors (Lipinski definition) is 20. The monoisotopic (exact) mass is 1530 g/mol. The van der Waals surface area contributed by atoms with Crippen molar-refractivity contribution in [2.45, 2.75) is 68.2 Å². The third-order valence-electron chi connectivity index (χ3n) is 22.0. The second kappa shape index (κ2) is 26.7. The molecule has 552 valence electrons. The molecule has 4 aromatic heterocycles. The number of ether oxygens (including phenoxy) is 4. The van der Waals surface area contributed by atoms with Gasteiger partial charge < -0.3 is 57.6 Å². The molecule has 108 heavy (non-hydrogen) atoms. The van der Waals surface area contributed by atoms with Crippen LogP contribution in [-0.4, -0.2) is 144 Å². The van der Waals surface area contributed by atoms with E-state index in [-0.39, 0.29) is 93.8 Å². The van der Waals surface area contributed by atoms with Crippen LogP contribution in [0.25, 0.3) is 45.0 Å². The number of rotatable bonds is 8. The van der Waals surface area contributed by atoms with E-state index in [4.69, 9.17) is 18.9 Å². The molecule has 28 heteroatoms. The summed E-state index contributed by atoms with van der Waals surface area (Å²) in [5, 5.41) is 44.4. The van der Waals surface area contributed by atoms with E-state index >= 15 is 0 Å². The van der Waals surface area contributed by atoms with Crippen LogP contribution >= 0.6 is 0 Å². The maximum atomic E-state index is 11.8. The first-order valence-electron chi connectivity index (χ1n) is 34.8. The van der Waals surface area contributed by atoms with E-state index in [0.29, 0.717) is 45.3 Å². The largest absolute Gasteiger partial charge is 0.493 e. The predicted octanol–water partition coefficient (Wildman–Crippen LogP) is 10.4. The zero-order valence-electron chi connectivity index (χ0n) is 58.4. The van der Waals surface area contributed by atoms with Gasteiger partial charge in [-0.25, -0.2) is 53.6 Å². The van der Waals surface area contributed by atoms with Crippen molar-refractivity contribution in [3.05, 3.63) is 264 Å². The first kappa shape index (κ1) is 70.4. The van der Waals surface area contributed by atoms with Gasteiger partial charge in [-0.3, -0.25) is 0 Å². The lowest BCUT2D eigenvalue weighted by Gasteiger charge is -2.35. The molecule has 0 spiro atoms. The van der Waals surface area contributed by atoms with Gasteiger partial charge in [0.15, 0.2) is 39.3 Å². The topological polar surface area (TPSA) is 326 Å². The first-order valence-corrected chi connectivity index (χ1v) is 42.4. The zero-order valence-corrected chi connectivity index (χ0v) is 61.7. The van der Waals surface area contributed by atoms with Crippen molar-refractivity contribution in [2.24, 2.45) is 23.7 Å². The van der Waals surface area contributed by atoms with Crippen LogP contribution in [0, 0.1) is 23.7 Å². The molecule has 12 aromatic rings. The molecule has 0 saturated heterocycles. The van der Waals surface area contributed by atoms with Gasteiger partial charge in [-0.2, -0.15) is 0 Å². The van der Waals surface area contributed by atoms with Crippen LogP contribution in [0.2, 0.25) is 0 Å². The van der Waals surface area contributed by atoms with Crippen molar-refractivity contribution in [1.82, 2.24) is 38.2 Å². The van der Waals surface area contributed by atoms with E-state index in [9.17, 15) is 54.1 Å². The average Bonchev–Trinajstić information content (AvgIpc) is 1.57. The van der Waals surface area contributed by atoms with Gasteiger partial charge in [0.1, 0.15) is 23.0 Å². The van der Waals surface area contributed by atoms with E-state index in [1.807, 2.05) is 73.3 Å². The summed E-state index contributed by atoms with van der Waals surface area (Å²) in [6, 6.07) is 50.8. The van der Waals surface area contributed by atoms with Gasteiger partial charge in [0.25, 0.3) is 0 Å². The SMILES string of the molecule is CS(=O)(=O)c1ccc2c(c1)OC[C@@H]([C@@H]1c3ccccc3-c3cncn31)[C@@H]2O.CS(=O)(=O)c1ccc2c(c1)OC[C@@H]([C@H]1c3ccccc3-c3cncn31)[C@H]2O.CS(=O)(=O)c1ccc2c(c1)OC[C@H]([C@@H]1c3ccccc3-c3cncn31)[C@@H]2O.CS(=O)(=O)c1ccc2c(c1)OC[C@H]([C@H]1c3ccccc3-c3cncn31)[C@H]2O. The smallest absolute Gasteiger partial charge is 0.175 e. The molecule has 8 aliphatic rings. The third kappa shape index (κ3) is 12.1. The number of nitrogens with zero attached hydrogens (tertiary/aromatic N) is 8. The zero-order chi connectivity index (χ0) is 75.0. The number of hydrogen-bond donors (Lipinski definition) is 4. The molecular formula is C80H72N8O16S4. The van der Waals surface area contributed by atoms with E-state index in [1.54, 1.807) is 49.6 Å². The molecule has 0 unspecified atom stereocenters. The summed E-state index contributed by atoms with van der Waals surface area (Å²) in [5.41, 5.74) is 15.6. The minimum atomic E-state index is -3.33. The van der Waals surface area contributed by atoms with Crippen molar-refractivity contribution in [3.63, 3.8) is 0 Å². The summed E-state index contributed by atoms with van der Waals surface area (Å²) in [5.74, 6) is 0.878. The second-order valence-corrected chi connectivity index (χ2v) is 36.5. The normalized spacial score (nSPS) is 23.3. The van der Waals surface area contributed by atoms with Crippen LogP contribution in [-0.2, 0) is 39.3 Å². The predicted molar refractivity (Wildman–Crippen MR) is 397 cm³/mol. The van der Waals surface area contributed by atoms with Crippen LogP contribution in [0.3, 0.4) is 0 Å². The molecule has 12 heterocycles. The minimum Gasteiger partial charge on any atom is -0.493 e. The highest BCUT2D eigenvalue weighted by atomic mass is 32.2.